The maximum absolute atomic E-state index is 12.5. The highest BCUT2D eigenvalue weighted by Gasteiger charge is 2.27. The minimum absolute atomic E-state index is 0.0257. The van der Waals surface area contributed by atoms with Gasteiger partial charge in [0.1, 0.15) is 10.9 Å². The minimum Gasteiger partial charge on any atom is -0.293 e. The standard InChI is InChI=1S/C18H16N2OS/c1-18(2)10-12-5-3-4-6-14(12)15(20-18)9-16(21)17-8-7-13(11-19)22-17/h3-8H,9-10H2,1-2H3. The van der Waals surface area contributed by atoms with E-state index >= 15 is 0 Å². The molecule has 0 aliphatic carbocycles. The van der Waals surface area contributed by atoms with Crippen molar-refractivity contribution in [3.8, 4) is 6.07 Å². The normalized spacial score (nSPS) is 15.6. The average molecular weight is 308 g/mol. The van der Waals surface area contributed by atoms with Gasteiger partial charge in [0.05, 0.1) is 22.5 Å². The van der Waals surface area contributed by atoms with Gasteiger partial charge in [-0.05, 0) is 43.5 Å². The number of carbonyl (C=O) groups is 1. The molecule has 0 atom stereocenters. The fraction of sp³-hybridized carbons (Fsp3) is 0.278. The summed E-state index contributed by atoms with van der Waals surface area (Å²) in [4.78, 5) is 18.5. The molecule has 0 spiro atoms. The second-order valence-electron chi connectivity index (χ2n) is 6.08. The van der Waals surface area contributed by atoms with Crippen molar-refractivity contribution in [1.82, 2.24) is 0 Å². The molecule has 1 aliphatic heterocycles. The van der Waals surface area contributed by atoms with Gasteiger partial charge in [-0.1, -0.05) is 24.3 Å². The van der Waals surface area contributed by atoms with E-state index in [1.54, 1.807) is 12.1 Å². The molecule has 110 valence electrons. The molecule has 0 fully saturated rings. The molecule has 0 saturated heterocycles. The second-order valence-corrected chi connectivity index (χ2v) is 7.16. The number of thiophene rings is 1. The second kappa shape index (κ2) is 5.51. The molecule has 0 unspecified atom stereocenters. The topological polar surface area (TPSA) is 53.2 Å². The molecule has 0 bridgehead atoms. The minimum atomic E-state index is -0.183. The Labute approximate surface area is 133 Å². The monoisotopic (exact) mass is 308 g/mol. The van der Waals surface area contributed by atoms with Gasteiger partial charge in [-0.15, -0.1) is 11.3 Å². The number of aliphatic imine (C=N–C) groups is 1. The molecule has 22 heavy (non-hydrogen) atoms. The first-order chi connectivity index (χ1) is 10.5. The van der Waals surface area contributed by atoms with Crippen LogP contribution in [-0.4, -0.2) is 17.0 Å². The van der Waals surface area contributed by atoms with Crippen LogP contribution in [-0.2, 0) is 6.42 Å². The summed E-state index contributed by atoms with van der Waals surface area (Å²) in [6, 6.07) is 13.6. The van der Waals surface area contributed by atoms with Gasteiger partial charge >= 0.3 is 0 Å². The van der Waals surface area contributed by atoms with E-state index in [0.29, 0.717) is 9.75 Å². The number of benzene rings is 1. The molecule has 0 N–H and O–H groups in total. The van der Waals surface area contributed by atoms with Crippen LogP contribution in [0.15, 0.2) is 41.4 Å². The number of rotatable bonds is 3. The molecule has 1 aromatic carbocycles. The smallest absolute Gasteiger partial charge is 0.178 e. The van der Waals surface area contributed by atoms with Crippen LogP contribution in [0.4, 0.5) is 0 Å². The van der Waals surface area contributed by atoms with Crippen LogP contribution in [0.5, 0.6) is 0 Å². The molecule has 1 aromatic heterocycles. The summed E-state index contributed by atoms with van der Waals surface area (Å²) in [7, 11) is 0. The molecule has 0 radical (unpaired) electrons. The average Bonchev–Trinajstić information content (AvgIpc) is 2.95. The summed E-state index contributed by atoms with van der Waals surface area (Å²) in [5, 5.41) is 8.88. The Morgan fingerprint density at radius 1 is 1.32 bits per heavy atom. The first kappa shape index (κ1) is 14.7. The van der Waals surface area contributed by atoms with E-state index in [1.165, 1.54) is 16.9 Å². The van der Waals surface area contributed by atoms with Crippen LogP contribution in [0.2, 0.25) is 0 Å². The first-order valence-corrected chi connectivity index (χ1v) is 8.00. The van der Waals surface area contributed by atoms with Crippen LogP contribution >= 0.6 is 11.3 Å². The SMILES string of the molecule is CC1(C)Cc2ccccc2C(CC(=O)c2ccc(C#N)s2)=N1. The Hall–Kier alpha value is -2.25. The van der Waals surface area contributed by atoms with Crippen LogP contribution in [0.3, 0.4) is 0 Å². The van der Waals surface area contributed by atoms with Gasteiger partial charge < -0.3 is 0 Å². The summed E-state index contributed by atoms with van der Waals surface area (Å²) in [6.45, 7) is 4.18. The van der Waals surface area contributed by atoms with Gasteiger partial charge in [-0.25, -0.2) is 0 Å². The Morgan fingerprint density at radius 3 is 2.82 bits per heavy atom. The van der Waals surface area contributed by atoms with E-state index in [0.717, 1.165) is 17.7 Å². The Kier molecular flexibility index (Phi) is 3.67. The summed E-state index contributed by atoms with van der Waals surface area (Å²) >= 11 is 1.25. The highest BCUT2D eigenvalue weighted by Crippen LogP contribution is 2.29. The van der Waals surface area contributed by atoms with E-state index in [-0.39, 0.29) is 17.7 Å². The van der Waals surface area contributed by atoms with Crippen molar-refractivity contribution in [2.24, 2.45) is 4.99 Å². The molecule has 3 rings (SSSR count). The lowest BCUT2D eigenvalue weighted by Crippen LogP contribution is -2.29. The van der Waals surface area contributed by atoms with Crippen LogP contribution in [0, 0.1) is 11.3 Å². The van der Waals surface area contributed by atoms with Crippen molar-refractivity contribution in [3.05, 3.63) is 57.3 Å². The predicted octanol–water partition coefficient (Wildman–Crippen LogP) is 4.02. The van der Waals surface area contributed by atoms with Gasteiger partial charge in [0, 0.05) is 0 Å². The van der Waals surface area contributed by atoms with Crippen molar-refractivity contribution in [2.45, 2.75) is 32.2 Å². The number of hydrogen-bond acceptors (Lipinski definition) is 4. The van der Waals surface area contributed by atoms with Crippen molar-refractivity contribution in [1.29, 1.82) is 5.26 Å². The number of ketones is 1. The zero-order valence-corrected chi connectivity index (χ0v) is 13.4. The fourth-order valence-electron chi connectivity index (χ4n) is 2.81. The van der Waals surface area contributed by atoms with Crippen LogP contribution < -0.4 is 0 Å². The van der Waals surface area contributed by atoms with Gasteiger partial charge in [-0.2, -0.15) is 5.26 Å². The number of fused-ring (bicyclic) bond motifs is 1. The van der Waals surface area contributed by atoms with Crippen LogP contribution in [0.1, 0.15) is 45.9 Å². The third kappa shape index (κ3) is 2.86. The predicted molar refractivity (Wildman–Crippen MR) is 88.7 cm³/mol. The molecular weight excluding hydrogens is 292 g/mol. The number of nitrogens with zero attached hydrogens (tertiary/aromatic N) is 2. The lowest BCUT2D eigenvalue weighted by atomic mass is 9.85. The quantitative estimate of drug-likeness (QED) is 0.804. The Bertz CT molecular complexity index is 808. The van der Waals surface area contributed by atoms with E-state index < -0.39 is 0 Å². The third-order valence-electron chi connectivity index (χ3n) is 3.71. The molecular formula is C18H16N2OS. The van der Waals surface area contributed by atoms with E-state index in [4.69, 9.17) is 10.3 Å². The Balaban J connectivity index is 1.92. The summed E-state index contributed by atoms with van der Waals surface area (Å²) in [5.41, 5.74) is 2.99. The molecule has 0 amide bonds. The lowest BCUT2D eigenvalue weighted by molar-refractivity contribution is 0.100. The summed E-state index contributed by atoms with van der Waals surface area (Å²) in [6.07, 6.45) is 1.17. The number of nitriles is 1. The van der Waals surface area contributed by atoms with E-state index in [1.807, 2.05) is 18.2 Å². The highest BCUT2D eigenvalue weighted by molar-refractivity contribution is 7.14. The first-order valence-electron chi connectivity index (χ1n) is 7.19. The summed E-state index contributed by atoms with van der Waals surface area (Å²) in [5.74, 6) is 0.0257. The van der Waals surface area contributed by atoms with Gasteiger partial charge in [-0.3, -0.25) is 9.79 Å². The lowest BCUT2D eigenvalue weighted by Gasteiger charge is -2.28. The largest absolute Gasteiger partial charge is 0.293 e. The van der Waals surface area contributed by atoms with E-state index in [2.05, 4.69) is 26.0 Å². The fourth-order valence-corrected chi connectivity index (χ4v) is 3.55. The molecule has 4 heteroatoms. The number of hydrogen-bond donors (Lipinski definition) is 0. The van der Waals surface area contributed by atoms with Gasteiger partial charge in [0.2, 0.25) is 0 Å². The maximum atomic E-state index is 12.5. The van der Waals surface area contributed by atoms with Gasteiger partial charge in [0.25, 0.3) is 0 Å². The molecule has 3 nitrogen and oxygen atoms in total. The van der Waals surface area contributed by atoms with Crippen molar-refractivity contribution >= 4 is 22.8 Å². The number of Topliss-reactive ketones (excluding diaryl/α,β-unsaturated/α-hetero) is 1. The van der Waals surface area contributed by atoms with E-state index in [9.17, 15) is 4.79 Å². The zero-order chi connectivity index (χ0) is 15.7. The highest BCUT2D eigenvalue weighted by atomic mass is 32.1. The van der Waals surface area contributed by atoms with Crippen LogP contribution in [0.25, 0.3) is 0 Å². The van der Waals surface area contributed by atoms with Crippen molar-refractivity contribution < 1.29 is 4.79 Å². The maximum Gasteiger partial charge on any atom is 0.178 e. The van der Waals surface area contributed by atoms with Crippen molar-refractivity contribution in [3.63, 3.8) is 0 Å². The molecule has 2 heterocycles. The van der Waals surface area contributed by atoms with Gasteiger partial charge in [0.15, 0.2) is 5.78 Å². The molecule has 0 saturated carbocycles. The summed E-state index contributed by atoms with van der Waals surface area (Å²) < 4.78 is 0. The number of carbonyl (C=O) groups excluding carboxylic acids is 1. The zero-order valence-electron chi connectivity index (χ0n) is 12.6. The third-order valence-corrected chi connectivity index (χ3v) is 4.74. The molecule has 2 aromatic rings. The Morgan fingerprint density at radius 2 is 2.09 bits per heavy atom. The molecule has 1 aliphatic rings. The van der Waals surface area contributed by atoms with Crippen molar-refractivity contribution in [2.75, 3.05) is 0 Å².